The molecule has 1 aromatic carbocycles. The van der Waals surface area contributed by atoms with Gasteiger partial charge >= 0.3 is 6.18 Å². The quantitative estimate of drug-likeness (QED) is 0.924. The third kappa shape index (κ3) is 3.94. The molecule has 1 amide bonds. The highest BCUT2D eigenvalue weighted by molar-refractivity contribution is 5.94. The van der Waals surface area contributed by atoms with Crippen molar-refractivity contribution in [2.75, 3.05) is 19.8 Å². The number of hydrogen-bond donors (Lipinski definition) is 1. The molecule has 1 fully saturated rings. The van der Waals surface area contributed by atoms with Crippen LogP contribution in [0.15, 0.2) is 24.3 Å². The fourth-order valence-electron chi connectivity index (χ4n) is 1.79. The standard InChI is InChI=1S/C13H14F3NO3/c14-13(15,16)10-3-1-9(2-4-10)12(18)17-6-5-11-19-7-8-20-11/h1-4,11H,5-8H2,(H,17,18). The molecule has 0 aromatic heterocycles. The second-order valence-corrected chi connectivity index (χ2v) is 4.29. The van der Waals surface area contributed by atoms with Gasteiger partial charge in [-0.3, -0.25) is 4.79 Å². The number of hydrogen-bond acceptors (Lipinski definition) is 3. The molecular weight excluding hydrogens is 275 g/mol. The maximum Gasteiger partial charge on any atom is 0.416 e. The Morgan fingerprint density at radius 3 is 2.35 bits per heavy atom. The minimum Gasteiger partial charge on any atom is -0.352 e. The van der Waals surface area contributed by atoms with Crippen LogP contribution in [-0.4, -0.2) is 32.0 Å². The first-order chi connectivity index (χ1) is 9.47. The first-order valence-corrected chi connectivity index (χ1v) is 6.15. The van der Waals surface area contributed by atoms with Crippen LogP contribution in [-0.2, 0) is 15.7 Å². The summed E-state index contributed by atoms with van der Waals surface area (Å²) in [6.07, 6.45) is -4.21. The van der Waals surface area contributed by atoms with E-state index in [0.29, 0.717) is 26.2 Å². The lowest BCUT2D eigenvalue weighted by Crippen LogP contribution is -2.27. The van der Waals surface area contributed by atoms with E-state index in [-0.39, 0.29) is 11.9 Å². The summed E-state index contributed by atoms with van der Waals surface area (Å²) >= 11 is 0. The molecule has 1 N–H and O–H groups in total. The van der Waals surface area contributed by atoms with Gasteiger partial charge in [-0.15, -0.1) is 0 Å². The molecule has 0 spiro atoms. The summed E-state index contributed by atoms with van der Waals surface area (Å²) in [5.74, 6) is -0.420. The molecule has 2 rings (SSSR count). The molecule has 1 aromatic rings. The van der Waals surface area contributed by atoms with Gasteiger partial charge in [-0.1, -0.05) is 0 Å². The van der Waals surface area contributed by atoms with E-state index in [9.17, 15) is 18.0 Å². The summed E-state index contributed by atoms with van der Waals surface area (Å²) in [7, 11) is 0. The Balaban J connectivity index is 1.82. The molecule has 0 saturated carbocycles. The van der Waals surface area contributed by atoms with Gasteiger partial charge in [0.15, 0.2) is 6.29 Å². The molecule has 0 bridgehead atoms. The molecule has 20 heavy (non-hydrogen) atoms. The minimum atomic E-state index is -4.40. The molecule has 0 atom stereocenters. The molecule has 1 heterocycles. The van der Waals surface area contributed by atoms with Crippen LogP contribution in [0.5, 0.6) is 0 Å². The Kier molecular flexibility index (Phi) is 4.61. The molecule has 0 unspecified atom stereocenters. The maximum absolute atomic E-state index is 12.4. The molecule has 4 nitrogen and oxygen atoms in total. The number of rotatable bonds is 4. The summed E-state index contributed by atoms with van der Waals surface area (Å²) < 4.78 is 47.5. The van der Waals surface area contributed by atoms with Crippen molar-refractivity contribution < 1.29 is 27.4 Å². The third-order valence-electron chi connectivity index (χ3n) is 2.83. The zero-order chi connectivity index (χ0) is 14.6. The lowest BCUT2D eigenvalue weighted by molar-refractivity contribution is -0.137. The van der Waals surface area contributed by atoms with E-state index < -0.39 is 17.6 Å². The highest BCUT2D eigenvalue weighted by Crippen LogP contribution is 2.29. The van der Waals surface area contributed by atoms with Crippen molar-refractivity contribution in [2.24, 2.45) is 0 Å². The van der Waals surface area contributed by atoms with Crippen molar-refractivity contribution >= 4 is 5.91 Å². The van der Waals surface area contributed by atoms with Gasteiger partial charge in [0.05, 0.1) is 18.8 Å². The fourth-order valence-corrected chi connectivity index (χ4v) is 1.79. The second-order valence-electron chi connectivity index (χ2n) is 4.29. The lowest BCUT2D eigenvalue weighted by atomic mass is 10.1. The van der Waals surface area contributed by atoms with Crippen LogP contribution in [0.25, 0.3) is 0 Å². The van der Waals surface area contributed by atoms with E-state index in [1.165, 1.54) is 0 Å². The average molecular weight is 289 g/mol. The third-order valence-corrected chi connectivity index (χ3v) is 2.83. The summed E-state index contributed by atoms with van der Waals surface area (Å²) in [5, 5.41) is 2.60. The Labute approximate surface area is 113 Å². The Morgan fingerprint density at radius 1 is 1.20 bits per heavy atom. The van der Waals surface area contributed by atoms with Crippen LogP contribution in [0, 0.1) is 0 Å². The predicted octanol–water partition coefficient (Wildman–Crippen LogP) is 2.20. The monoisotopic (exact) mass is 289 g/mol. The van der Waals surface area contributed by atoms with E-state index in [2.05, 4.69) is 5.32 Å². The van der Waals surface area contributed by atoms with Crippen molar-refractivity contribution in [3.8, 4) is 0 Å². The van der Waals surface area contributed by atoms with Gasteiger partial charge in [0.2, 0.25) is 0 Å². The first-order valence-electron chi connectivity index (χ1n) is 6.15. The minimum absolute atomic E-state index is 0.186. The fraction of sp³-hybridized carbons (Fsp3) is 0.462. The van der Waals surface area contributed by atoms with Gasteiger partial charge in [0.25, 0.3) is 5.91 Å². The SMILES string of the molecule is O=C(NCCC1OCCO1)c1ccc(C(F)(F)F)cc1. The van der Waals surface area contributed by atoms with E-state index in [1.54, 1.807) is 0 Å². The number of ether oxygens (including phenoxy) is 2. The van der Waals surface area contributed by atoms with E-state index >= 15 is 0 Å². The number of alkyl halides is 3. The van der Waals surface area contributed by atoms with Gasteiger partial charge < -0.3 is 14.8 Å². The molecule has 1 saturated heterocycles. The Morgan fingerprint density at radius 2 is 1.80 bits per heavy atom. The molecule has 0 aliphatic carbocycles. The molecule has 1 aliphatic heterocycles. The van der Waals surface area contributed by atoms with Gasteiger partial charge in [-0.05, 0) is 24.3 Å². The van der Waals surface area contributed by atoms with Gasteiger partial charge in [-0.25, -0.2) is 0 Å². The molecule has 1 aliphatic rings. The number of amides is 1. The van der Waals surface area contributed by atoms with Crippen molar-refractivity contribution in [3.05, 3.63) is 35.4 Å². The summed E-state index contributed by atoms with van der Waals surface area (Å²) in [4.78, 5) is 11.7. The summed E-state index contributed by atoms with van der Waals surface area (Å²) in [5.41, 5.74) is -0.590. The van der Waals surface area contributed by atoms with E-state index in [4.69, 9.17) is 9.47 Å². The highest BCUT2D eigenvalue weighted by Gasteiger charge is 2.30. The van der Waals surface area contributed by atoms with Crippen LogP contribution >= 0.6 is 0 Å². The van der Waals surface area contributed by atoms with Crippen LogP contribution in [0.3, 0.4) is 0 Å². The zero-order valence-corrected chi connectivity index (χ0v) is 10.6. The van der Waals surface area contributed by atoms with Crippen molar-refractivity contribution in [1.82, 2.24) is 5.32 Å². The highest BCUT2D eigenvalue weighted by atomic mass is 19.4. The zero-order valence-electron chi connectivity index (χ0n) is 10.6. The number of nitrogens with one attached hydrogen (secondary N) is 1. The Bertz CT molecular complexity index is 453. The van der Waals surface area contributed by atoms with Crippen LogP contribution in [0.1, 0.15) is 22.3 Å². The number of carbonyl (C=O) groups excluding carboxylic acids is 1. The van der Waals surface area contributed by atoms with E-state index in [0.717, 1.165) is 24.3 Å². The predicted molar refractivity (Wildman–Crippen MR) is 64.1 cm³/mol. The molecular formula is C13H14F3NO3. The summed E-state index contributed by atoms with van der Waals surface area (Å²) in [6.45, 7) is 1.42. The molecule has 0 radical (unpaired) electrons. The van der Waals surface area contributed by atoms with E-state index in [1.807, 2.05) is 0 Å². The summed E-state index contributed by atoms with van der Waals surface area (Å²) in [6, 6.07) is 4.08. The van der Waals surface area contributed by atoms with Gasteiger partial charge in [0, 0.05) is 18.5 Å². The Hall–Kier alpha value is -1.60. The smallest absolute Gasteiger partial charge is 0.352 e. The average Bonchev–Trinajstić information content (AvgIpc) is 2.91. The lowest BCUT2D eigenvalue weighted by Gasteiger charge is -2.10. The number of halogens is 3. The van der Waals surface area contributed by atoms with Crippen LogP contribution < -0.4 is 5.32 Å². The first kappa shape index (κ1) is 14.8. The van der Waals surface area contributed by atoms with Crippen LogP contribution in [0.4, 0.5) is 13.2 Å². The molecule has 110 valence electrons. The topological polar surface area (TPSA) is 47.6 Å². The number of benzene rings is 1. The van der Waals surface area contributed by atoms with Crippen molar-refractivity contribution in [1.29, 1.82) is 0 Å². The number of carbonyl (C=O) groups is 1. The van der Waals surface area contributed by atoms with Gasteiger partial charge in [0.1, 0.15) is 0 Å². The molecule has 7 heteroatoms. The largest absolute Gasteiger partial charge is 0.416 e. The van der Waals surface area contributed by atoms with Gasteiger partial charge in [-0.2, -0.15) is 13.2 Å². The van der Waals surface area contributed by atoms with Crippen LogP contribution in [0.2, 0.25) is 0 Å². The normalized spacial score (nSPS) is 16.4. The van der Waals surface area contributed by atoms with Crippen molar-refractivity contribution in [3.63, 3.8) is 0 Å². The maximum atomic E-state index is 12.4. The second kappa shape index (κ2) is 6.23. The van der Waals surface area contributed by atoms with Crippen molar-refractivity contribution in [2.45, 2.75) is 18.9 Å².